The zero-order valence-electron chi connectivity index (χ0n) is 9.81. The smallest absolute Gasteiger partial charge is 0.301 e. The van der Waals surface area contributed by atoms with Crippen LogP contribution in [0.5, 0.6) is 5.75 Å². The molecule has 1 aromatic rings. The summed E-state index contributed by atoms with van der Waals surface area (Å²) in [5, 5.41) is 9.69. The molecule has 17 heavy (non-hydrogen) atoms. The van der Waals surface area contributed by atoms with E-state index >= 15 is 0 Å². The quantitative estimate of drug-likeness (QED) is 0.834. The first kappa shape index (κ1) is 14.3. The molecule has 0 spiro atoms. The summed E-state index contributed by atoms with van der Waals surface area (Å²) in [6.45, 7) is 3.53. The van der Waals surface area contributed by atoms with Crippen LogP contribution < -0.4 is 4.72 Å². The van der Waals surface area contributed by atoms with Crippen LogP contribution in [0.2, 0.25) is 0 Å². The highest BCUT2D eigenvalue weighted by atomic mass is 79.9. The van der Waals surface area contributed by atoms with Crippen molar-refractivity contribution in [1.82, 2.24) is 4.31 Å². The normalized spacial score (nSPS) is 12.1. The van der Waals surface area contributed by atoms with E-state index in [0.717, 1.165) is 0 Å². The van der Waals surface area contributed by atoms with E-state index in [0.29, 0.717) is 4.47 Å². The van der Waals surface area contributed by atoms with Gasteiger partial charge in [-0.3, -0.25) is 4.72 Å². The van der Waals surface area contributed by atoms with Gasteiger partial charge in [0.1, 0.15) is 0 Å². The van der Waals surface area contributed by atoms with Crippen LogP contribution in [0, 0.1) is 0 Å². The van der Waals surface area contributed by atoms with Crippen LogP contribution in [0.15, 0.2) is 22.7 Å². The van der Waals surface area contributed by atoms with Crippen molar-refractivity contribution >= 4 is 31.8 Å². The number of phenolic OH excluding ortho intramolecular Hbond substituents is 1. The van der Waals surface area contributed by atoms with Crippen molar-refractivity contribution in [1.29, 1.82) is 0 Å². The summed E-state index contributed by atoms with van der Waals surface area (Å²) in [5.41, 5.74) is 0.145. The van der Waals surface area contributed by atoms with Crippen LogP contribution >= 0.6 is 15.9 Å². The molecular weight excluding hydrogens is 308 g/mol. The Bertz CT molecular complexity index is 502. The molecule has 0 aliphatic carbocycles. The Labute approximate surface area is 110 Å². The number of nitrogens with zero attached hydrogens (tertiary/aromatic N) is 1. The number of benzene rings is 1. The lowest BCUT2D eigenvalue weighted by Gasteiger charge is -2.22. The first-order valence-electron chi connectivity index (χ1n) is 4.99. The highest BCUT2D eigenvalue weighted by Gasteiger charge is 2.21. The third-order valence-electron chi connectivity index (χ3n) is 2.33. The monoisotopic (exact) mass is 322 g/mol. The van der Waals surface area contributed by atoms with E-state index in [2.05, 4.69) is 20.7 Å². The number of halogens is 1. The average Bonchev–Trinajstić information content (AvgIpc) is 2.23. The standard InChI is InChI=1S/C10H15BrN2O3S/c1-7(2)13(3)17(15,16)12-9-6-4-5-8(11)10(9)14/h4-7,12,14H,1-3H3. The number of aromatic hydroxyl groups is 1. The molecule has 2 N–H and O–H groups in total. The molecule has 0 saturated heterocycles. The molecule has 0 aliphatic rings. The van der Waals surface area contributed by atoms with Crippen LogP contribution in [0.3, 0.4) is 0 Å². The topological polar surface area (TPSA) is 69.6 Å². The molecule has 0 fully saturated rings. The zero-order valence-corrected chi connectivity index (χ0v) is 12.2. The Morgan fingerprint density at radius 3 is 2.53 bits per heavy atom. The highest BCUT2D eigenvalue weighted by molar-refractivity contribution is 9.10. The summed E-state index contributed by atoms with van der Waals surface area (Å²) in [7, 11) is -2.18. The van der Waals surface area contributed by atoms with E-state index in [1.54, 1.807) is 26.0 Å². The minimum absolute atomic E-state index is 0.131. The number of hydrogen-bond donors (Lipinski definition) is 2. The van der Waals surface area contributed by atoms with E-state index < -0.39 is 10.2 Å². The summed E-state index contributed by atoms with van der Waals surface area (Å²) in [5.74, 6) is -0.131. The van der Waals surface area contributed by atoms with Crippen molar-refractivity contribution < 1.29 is 13.5 Å². The lowest BCUT2D eigenvalue weighted by molar-refractivity contribution is 0.413. The van der Waals surface area contributed by atoms with Gasteiger partial charge in [-0.2, -0.15) is 12.7 Å². The number of hydrogen-bond acceptors (Lipinski definition) is 3. The maximum absolute atomic E-state index is 11.9. The van der Waals surface area contributed by atoms with Gasteiger partial charge in [-0.25, -0.2) is 0 Å². The predicted molar refractivity (Wildman–Crippen MR) is 71.2 cm³/mol. The Balaban J connectivity index is 3.03. The van der Waals surface area contributed by atoms with E-state index in [-0.39, 0.29) is 17.5 Å². The van der Waals surface area contributed by atoms with Crippen LogP contribution in [-0.2, 0) is 10.2 Å². The number of para-hydroxylation sites is 1. The minimum atomic E-state index is -3.65. The molecule has 0 heterocycles. The van der Waals surface area contributed by atoms with Gasteiger partial charge in [-0.15, -0.1) is 0 Å². The Kier molecular flexibility index (Phi) is 4.40. The van der Waals surface area contributed by atoms with E-state index in [4.69, 9.17) is 0 Å². The van der Waals surface area contributed by atoms with Gasteiger partial charge in [-0.1, -0.05) is 6.07 Å². The molecule has 0 saturated carbocycles. The van der Waals surface area contributed by atoms with Gasteiger partial charge in [0.15, 0.2) is 5.75 Å². The summed E-state index contributed by atoms with van der Waals surface area (Å²) in [6.07, 6.45) is 0. The lowest BCUT2D eigenvalue weighted by atomic mass is 10.3. The fourth-order valence-electron chi connectivity index (χ4n) is 1.09. The molecule has 96 valence electrons. The minimum Gasteiger partial charge on any atom is -0.505 e. The molecular formula is C10H15BrN2O3S. The fourth-order valence-corrected chi connectivity index (χ4v) is 2.59. The summed E-state index contributed by atoms with van der Waals surface area (Å²) >= 11 is 3.12. The number of anilines is 1. The third kappa shape index (κ3) is 3.34. The number of phenols is 1. The van der Waals surface area contributed by atoms with E-state index in [1.165, 1.54) is 17.4 Å². The van der Waals surface area contributed by atoms with Gasteiger partial charge in [0.2, 0.25) is 0 Å². The molecule has 0 radical (unpaired) electrons. The summed E-state index contributed by atoms with van der Waals surface area (Å²) in [6, 6.07) is 4.59. The van der Waals surface area contributed by atoms with Gasteiger partial charge in [0, 0.05) is 13.1 Å². The molecule has 1 rings (SSSR count). The van der Waals surface area contributed by atoms with Crippen molar-refractivity contribution in [2.75, 3.05) is 11.8 Å². The van der Waals surface area contributed by atoms with Crippen molar-refractivity contribution in [3.63, 3.8) is 0 Å². The molecule has 5 nitrogen and oxygen atoms in total. The van der Waals surface area contributed by atoms with Crippen LogP contribution in [0.1, 0.15) is 13.8 Å². The van der Waals surface area contributed by atoms with E-state index in [1.807, 2.05) is 0 Å². The summed E-state index contributed by atoms with van der Waals surface area (Å²) in [4.78, 5) is 0. The largest absolute Gasteiger partial charge is 0.505 e. The number of nitrogens with one attached hydrogen (secondary N) is 1. The molecule has 0 atom stereocenters. The van der Waals surface area contributed by atoms with Crippen LogP contribution in [-0.4, -0.2) is 30.9 Å². The summed E-state index contributed by atoms with van der Waals surface area (Å²) < 4.78 is 27.7. The second-order valence-corrected chi connectivity index (χ2v) is 6.44. The van der Waals surface area contributed by atoms with Crippen LogP contribution in [0.4, 0.5) is 5.69 Å². The van der Waals surface area contributed by atoms with Crippen molar-refractivity contribution in [3.05, 3.63) is 22.7 Å². The highest BCUT2D eigenvalue weighted by Crippen LogP contribution is 2.32. The second kappa shape index (κ2) is 5.24. The predicted octanol–water partition coefficient (Wildman–Crippen LogP) is 2.15. The molecule has 7 heteroatoms. The zero-order chi connectivity index (χ0) is 13.2. The SMILES string of the molecule is CC(C)N(C)S(=O)(=O)Nc1cccc(Br)c1O. The van der Waals surface area contributed by atoms with Gasteiger partial charge < -0.3 is 5.11 Å². The van der Waals surface area contributed by atoms with Gasteiger partial charge in [0.25, 0.3) is 0 Å². The lowest BCUT2D eigenvalue weighted by Crippen LogP contribution is -2.37. The average molecular weight is 323 g/mol. The van der Waals surface area contributed by atoms with Crippen molar-refractivity contribution in [2.45, 2.75) is 19.9 Å². The fraction of sp³-hybridized carbons (Fsp3) is 0.400. The third-order valence-corrected chi connectivity index (χ3v) is 4.63. The van der Waals surface area contributed by atoms with Crippen LogP contribution in [0.25, 0.3) is 0 Å². The van der Waals surface area contributed by atoms with Crippen molar-refractivity contribution in [2.24, 2.45) is 0 Å². The Morgan fingerprint density at radius 1 is 1.41 bits per heavy atom. The van der Waals surface area contributed by atoms with Crippen molar-refractivity contribution in [3.8, 4) is 5.75 Å². The number of rotatable bonds is 4. The molecule has 0 bridgehead atoms. The molecule has 1 aromatic carbocycles. The first-order chi connectivity index (χ1) is 7.75. The Morgan fingerprint density at radius 2 is 2.00 bits per heavy atom. The maximum Gasteiger partial charge on any atom is 0.301 e. The first-order valence-corrected chi connectivity index (χ1v) is 7.22. The maximum atomic E-state index is 11.9. The van der Waals surface area contributed by atoms with E-state index in [9.17, 15) is 13.5 Å². The van der Waals surface area contributed by atoms with Gasteiger partial charge in [-0.05, 0) is 41.9 Å². The Hall–Kier alpha value is -0.790. The molecule has 0 aromatic heterocycles. The van der Waals surface area contributed by atoms with Gasteiger partial charge >= 0.3 is 10.2 Å². The van der Waals surface area contributed by atoms with Gasteiger partial charge in [0.05, 0.1) is 10.2 Å². The molecule has 0 aliphatic heterocycles. The second-order valence-electron chi connectivity index (χ2n) is 3.85. The molecule has 0 unspecified atom stereocenters. The molecule has 0 amide bonds.